The number of thioether (sulfide) groups is 2. The average molecular weight is 387 g/mol. The molecule has 1 N–H and O–H groups in total. The third kappa shape index (κ3) is 4.65. The fourth-order valence-electron chi connectivity index (χ4n) is 3.53. The van der Waals surface area contributed by atoms with E-state index in [1.807, 2.05) is 11.8 Å². The quantitative estimate of drug-likeness (QED) is 0.599. The Hall–Kier alpha value is -1.40. The molecular weight excluding hydrogens is 360 g/mol. The van der Waals surface area contributed by atoms with E-state index in [0.717, 1.165) is 30.6 Å². The molecule has 0 atom stereocenters. The standard InChI is InChI=1S/C20H26N4S2/c1-3-7-16(8-4-1)13-22-19(23-17-9-5-2-6-10-17)25-14-18-15-26-20-21-11-12-24(18)20/h1,3-4,7-8,15,17H,2,5-6,9-14H2,(H,22,23). The number of rotatable bonds is 5. The summed E-state index contributed by atoms with van der Waals surface area (Å²) in [5.74, 6) is 0.958. The average Bonchev–Trinajstić information content (AvgIpc) is 3.30. The van der Waals surface area contributed by atoms with Gasteiger partial charge in [0.1, 0.15) is 0 Å². The van der Waals surface area contributed by atoms with E-state index in [9.17, 15) is 0 Å². The number of nitrogens with one attached hydrogen (secondary N) is 1. The van der Waals surface area contributed by atoms with Gasteiger partial charge >= 0.3 is 0 Å². The third-order valence-electron chi connectivity index (χ3n) is 4.99. The number of amidine groups is 2. The van der Waals surface area contributed by atoms with Crippen LogP contribution in [-0.4, -0.2) is 40.1 Å². The highest BCUT2D eigenvalue weighted by atomic mass is 32.2. The summed E-state index contributed by atoms with van der Waals surface area (Å²) in [4.78, 5) is 11.8. The van der Waals surface area contributed by atoms with E-state index in [0.29, 0.717) is 6.04 Å². The molecule has 1 saturated carbocycles. The van der Waals surface area contributed by atoms with Gasteiger partial charge in [-0.25, -0.2) is 0 Å². The Morgan fingerprint density at radius 1 is 1.23 bits per heavy atom. The maximum atomic E-state index is 4.92. The molecule has 138 valence electrons. The summed E-state index contributed by atoms with van der Waals surface area (Å²) in [7, 11) is 0. The second-order valence-electron chi connectivity index (χ2n) is 6.92. The molecule has 1 aromatic carbocycles. The van der Waals surface area contributed by atoms with Gasteiger partial charge in [0.05, 0.1) is 13.1 Å². The molecule has 2 heterocycles. The largest absolute Gasteiger partial charge is 0.362 e. The van der Waals surface area contributed by atoms with Crippen LogP contribution in [0.15, 0.2) is 51.4 Å². The second-order valence-corrected chi connectivity index (χ2v) is 8.72. The molecule has 2 aliphatic heterocycles. The first-order valence-electron chi connectivity index (χ1n) is 9.54. The van der Waals surface area contributed by atoms with Gasteiger partial charge in [0.2, 0.25) is 0 Å². The molecule has 0 saturated heterocycles. The molecule has 1 aromatic rings. The van der Waals surface area contributed by atoms with Crippen molar-refractivity contribution in [2.24, 2.45) is 9.98 Å². The maximum Gasteiger partial charge on any atom is 0.167 e. The van der Waals surface area contributed by atoms with E-state index in [1.165, 1.54) is 48.5 Å². The fraction of sp³-hybridized carbons (Fsp3) is 0.500. The summed E-state index contributed by atoms with van der Waals surface area (Å²) >= 11 is 3.60. The minimum absolute atomic E-state index is 0.585. The van der Waals surface area contributed by atoms with E-state index >= 15 is 0 Å². The Kier molecular flexibility index (Phi) is 6.22. The van der Waals surface area contributed by atoms with Gasteiger partial charge in [0.15, 0.2) is 10.3 Å². The Balaban J connectivity index is 1.39. The van der Waals surface area contributed by atoms with Crippen molar-refractivity contribution < 1.29 is 0 Å². The Morgan fingerprint density at radius 3 is 2.92 bits per heavy atom. The fourth-order valence-corrected chi connectivity index (χ4v) is 5.52. The lowest BCUT2D eigenvalue weighted by molar-refractivity contribution is 0.415. The predicted molar refractivity (Wildman–Crippen MR) is 115 cm³/mol. The molecule has 3 aliphatic rings. The molecule has 26 heavy (non-hydrogen) atoms. The topological polar surface area (TPSA) is 40.0 Å². The summed E-state index contributed by atoms with van der Waals surface area (Å²) in [6, 6.07) is 11.1. The Labute approximate surface area is 164 Å². The van der Waals surface area contributed by atoms with Gasteiger partial charge in [-0.05, 0) is 23.8 Å². The van der Waals surface area contributed by atoms with Gasteiger partial charge in [-0.3, -0.25) is 9.98 Å². The zero-order valence-electron chi connectivity index (χ0n) is 15.1. The number of nitrogens with zero attached hydrogens (tertiary/aromatic N) is 3. The summed E-state index contributed by atoms with van der Waals surface area (Å²) in [6.07, 6.45) is 6.59. The molecule has 0 bridgehead atoms. The first-order chi connectivity index (χ1) is 12.9. The second kappa shape index (κ2) is 9.00. The molecule has 4 rings (SSSR count). The number of fused-ring (bicyclic) bond motifs is 1. The monoisotopic (exact) mass is 386 g/mol. The SMILES string of the molecule is C1=C(CSC(=NCc2ccccc2)NC2CCCCC2)N2CCN=C2S1. The van der Waals surface area contributed by atoms with Crippen LogP contribution in [0.4, 0.5) is 0 Å². The molecule has 0 radical (unpaired) electrons. The molecule has 0 spiro atoms. The van der Waals surface area contributed by atoms with Crippen LogP contribution in [0.2, 0.25) is 0 Å². The van der Waals surface area contributed by atoms with E-state index in [4.69, 9.17) is 4.99 Å². The predicted octanol–water partition coefficient (Wildman–Crippen LogP) is 4.46. The highest BCUT2D eigenvalue weighted by Gasteiger charge is 2.26. The molecule has 1 aliphatic carbocycles. The maximum absolute atomic E-state index is 4.92. The van der Waals surface area contributed by atoms with E-state index in [-0.39, 0.29) is 0 Å². The normalized spacial score (nSPS) is 20.8. The number of hydrogen-bond acceptors (Lipinski definition) is 5. The molecule has 6 heteroatoms. The molecule has 0 unspecified atom stereocenters. The van der Waals surface area contributed by atoms with Crippen molar-refractivity contribution in [2.75, 3.05) is 18.8 Å². The van der Waals surface area contributed by atoms with Gasteiger partial charge < -0.3 is 10.2 Å². The summed E-state index contributed by atoms with van der Waals surface area (Å²) in [6.45, 7) is 2.70. The van der Waals surface area contributed by atoms with E-state index < -0.39 is 0 Å². The van der Waals surface area contributed by atoms with Crippen molar-refractivity contribution in [3.63, 3.8) is 0 Å². The van der Waals surface area contributed by atoms with Crippen LogP contribution in [0.5, 0.6) is 0 Å². The molecule has 1 fully saturated rings. The van der Waals surface area contributed by atoms with E-state index in [1.54, 1.807) is 11.8 Å². The highest BCUT2D eigenvalue weighted by Crippen LogP contribution is 2.31. The molecule has 4 nitrogen and oxygen atoms in total. The zero-order valence-corrected chi connectivity index (χ0v) is 16.7. The number of aliphatic imine (C=N–C) groups is 2. The van der Waals surface area contributed by atoms with Crippen LogP contribution in [-0.2, 0) is 6.54 Å². The summed E-state index contributed by atoms with van der Waals surface area (Å²) in [5.41, 5.74) is 2.63. The van der Waals surface area contributed by atoms with Crippen molar-refractivity contribution in [3.8, 4) is 0 Å². The summed E-state index contributed by atoms with van der Waals surface area (Å²) < 4.78 is 0. The van der Waals surface area contributed by atoms with Crippen molar-refractivity contribution >= 4 is 33.9 Å². The lowest BCUT2D eigenvalue weighted by Crippen LogP contribution is -2.35. The van der Waals surface area contributed by atoms with Gasteiger partial charge in [-0.15, -0.1) is 0 Å². The third-order valence-corrected chi connectivity index (χ3v) is 6.90. The highest BCUT2D eigenvalue weighted by molar-refractivity contribution is 8.17. The molecule has 0 amide bonds. The number of hydrogen-bond donors (Lipinski definition) is 1. The van der Waals surface area contributed by atoms with Crippen LogP contribution >= 0.6 is 23.5 Å². The van der Waals surface area contributed by atoms with Crippen LogP contribution in [0.3, 0.4) is 0 Å². The first kappa shape index (κ1) is 18.0. The molecular formula is C20H26N4S2. The van der Waals surface area contributed by atoms with Gasteiger partial charge in [-0.1, -0.05) is 73.1 Å². The van der Waals surface area contributed by atoms with Gasteiger partial charge in [-0.2, -0.15) is 0 Å². The number of benzene rings is 1. The van der Waals surface area contributed by atoms with Crippen molar-refractivity contribution in [1.29, 1.82) is 0 Å². The molecule has 0 aromatic heterocycles. The van der Waals surface area contributed by atoms with Crippen LogP contribution < -0.4 is 5.32 Å². The Bertz CT molecular complexity index is 693. The van der Waals surface area contributed by atoms with Crippen molar-refractivity contribution in [3.05, 3.63) is 47.0 Å². The van der Waals surface area contributed by atoms with Gasteiger partial charge in [0.25, 0.3) is 0 Å². The van der Waals surface area contributed by atoms with Crippen LogP contribution in [0.1, 0.15) is 37.7 Å². The minimum atomic E-state index is 0.585. The van der Waals surface area contributed by atoms with Gasteiger partial charge in [0, 0.05) is 24.0 Å². The van der Waals surface area contributed by atoms with Crippen LogP contribution in [0, 0.1) is 0 Å². The first-order valence-corrected chi connectivity index (χ1v) is 11.4. The summed E-state index contributed by atoms with van der Waals surface area (Å²) in [5, 5.41) is 8.25. The van der Waals surface area contributed by atoms with Crippen molar-refractivity contribution in [1.82, 2.24) is 10.2 Å². The minimum Gasteiger partial charge on any atom is -0.362 e. The van der Waals surface area contributed by atoms with Crippen LogP contribution in [0.25, 0.3) is 0 Å². The lowest BCUT2D eigenvalue weighted by Gasteiger charge is -2.25. The smallest absolute Gasteiger partial charge is 0.167 e. The lowest BCUT2D eigenvalue weighted by atomic mass is 9.96. The Morgan fingerprint density at radius 2 is 2.08 bits per heavy atom. The zero-order chi connectivity index (χ0) is 17.6. The van der Waals surface area contributed by atoms with Crippen molar-refractivity contribution in [2.45, 2.75) is 44.7 Å². The van der Waals surface area contributed by atoms with E-state index in [2.05, 4.69) is 50.9 Å².